The summed E-state index contributed by atoms with van der Waals surface area (Å²) >= 11 is 0. The molecule has 4 nitrogen and oxygen atoms in total. The standard InChI is InChI=1S/C22H32N2O2/c25-20-10-8-19(9-11-20)24-16-5-14-22(21(24)26)13-4-15-23(22)17-12-18-6-2-1-3-7-18/h1-3,6-7,19-20,25H,4-5,8-17H2. The maximum Gasteiger partial charge on any atom is 0.243 e. The lowest BCUT2D eigenvalue weighted by atomic mass is 9.82. The van der Waals surface area contributed by atoms with Crippen molar-refractivity contribution in [2.24, 2.45) is 0 Å². The summed E-state index contributed by atoms with van der Waals surface area (Å²) in [5.41, 5.74) is 1.11. The maximum absolute atomic E-state index is 13.6. The normalized spacial score (nSPS) is 33.1. The summed E-state index contributed by atoms with van der Waals surface area (Å²) < 4.78 is 0. The van der Waals surface area contributed by atoms with Gasteiger partial charge in [0.2, 0.25) is 5.91 Å². The van der Waals surface area contributed by atoms with E-state index in [1.54, 1.807) is 0 Å². The van der Waals surface area contributed by atoms with Gasteiger partial charge in [0.15, 0.2) is 0 Å². The number of hydrogen-bond donors (Lipinski definition) is 1. The Morgan fingerprint density at radius 3 is 2.42 bits per heavy atom. The summed E-state index contributed by atoms with van der Waals surface area (Å²) in [7, 11) is 0. The van der Waals surface area contributed by atoms with E-state index in [9.17, 15) is 9.90 Å². The molecule has 0 aromatic heterocycles. The van der Waals surface area contributed by atoms with Gasteiger partial charge in [-0.05, 0) is 69.9 Å². The number of rotatable bonds is 4. The number of benzene rings is 1. The van der Waals surface area contributed by atoms with E-state index in [1.165, 1.54) is 5.56 Å². The van der Waals surface area contributed by atoms with Crippen molar-refractivity contribution in [3.8, 4) is 0 Å². The van der Waals surface area contributed by atoms with Gasteiger partial charge >= 0.3 is 0 Å². The van der Waals surface area contributed by atoms with Crippen molar-refractivity contribution in [1.29, 1.82) is 0 Å². The summed E-state index contributed by atoms with van der Waals surface area (Å²) in [6, 6.07) is 11.0. The molecule has 2 aliphatic heterocycles. The van der Waals surface area contributed by atoms with Crippen LogP contribution in [0.1, 0.15) is 56.9 Å². The molecule has 1 atom stereocenters. The number of amides is 1. The molecule has 142 valence electrons. The van der Waals surface area contributed by atoms with Crippen LogP contribution in [-0.2, 0) is 11.2 Å². The van der Waals surface area contributed by atoms with Gasteiger partial charge in [-0.2, -0.15) is 0 Å². The highest BCUT2D eigenvalue weighted by Crippen LogP contribution is 2.40. The minimum absolute atomic E-state index is 0.158. The number of aliphatic hydroxyl groups is 1. The molecule has 1 saturated carbocycles. The van der Waals surface area contributed by atoms with Gasteiger partial charge in [-0.25, -0.2) is 0 Å². The van der Waals surface area contributed by atoms with Crippen LogP contribution in [0.4, 0.5) is 0 Å². The fourth-order valence-corrected chi connectivity index (χ4v) is 5.43. The third kappa shape index (κ3) is 3.41. The summed E-state index contributed by atoms with van der Waals surface area (Å²) in [6.45, 7) is 2.94. The maximum atomic E-state index is 13.6. The molecule has 4 heteroatoms. The van der Waals surface area contributed by atoms with Crippen molar-refractivity contribution in [1.82, 2.24) is 9.80 Å². The van der Waals surface area contributed by atoms with Gasteiger partial charge in [0.05, 0.1) is 6.10 Å². The summed E-state index contributed by atoms with van der Waals surface area (Å²) in [4.78, 5) is 18.3. The van der Waals surface area contributed by atoms with E-state index in [0.717, 1.165) is 77.4 Å². The quantitative estimate of drug-likeness (QED) is 0.902. The minimum atomic E-state index is -0.247. The lowest BCUT2D eigenvalue weighted by molar-refractivity contribution is -0.151. The molecular formula is C22H32N2O2. The number of aliphatic hydroxyl groups excluding tert-OH is 1. The number of piperidine rings is 1. The zero-order valence-electron chi connectivity index (χ0n) is 15.8. The first kappa shape index (κ1) is 18.0. The van der Waals surface area contributed by atoms with Gasteiger partial charge in [0.1, 0.15) is 5.54 Å². The Labute approximate surface area is 157 Å². The lowest BCUT2D eigenvalue weighted by Gasteiger charge is -2.48. The topological polar surface area (TPSA) is 43.8 Å². The van der Waals surface area contributed by atoms with Crippen LogP contribution in [0.3, 0.4) is 0 Å². The Kier molecular flexibility index (Phi) is 5.32. The van der Waals surface area contributed by atoms with Crippen LogP contribution in [-0.4, -0.2) is 58.1 Å². The largest absolute Gasteiger partial charge is 0.393 e. The summed E-state index contributed by atoms with van der Waals surface area (Å²) in [5, 5.41) is 9.80. The monoisotopic (exact) mass is 356 g/mol. The first-order valence-electron chi connectivity index (χ1n) is 10.5. The van der Waals surface area contributed by atoms with Crippen molar-refractivity contribution < 1.29 is 9.90 Å². The van der Waals surface area contributed by atoms with E-state index in [2.05, 4.69) is 40.1 Å². The van der Waals surface area contributed by atoms with Crippen LogP contribution in [0.25, 0.3) is 0 Å². The average molecular weight is 357 g/mol. The molecule has 1 aliphatic carbocycles. The van der Waals surface area contributed by atoms with Crippen LogP contribution in [0.2, 0.25) is 0 Å². The number of hydrogen-bond acceptors (Lipinski definition) is 3. The highest BCUT2D eigenvalue weighted by molar-refractivity contribution is 5.87. The second-order valence-corrected chi connectivity index (χ2v) is 8.42. The molecule has 3 aliphatic rings. The van der Waals surface area contributed by atoms with Crippen LogP contribution < -0.4 is 0 Å². The Hall–Kier alpha value is -1.39. The molecule has 0 bridgehead atoms. The zero-order chi connectivity index (χ0) is 18.0. The van der Waals surface area contributed by atoms with E-state index in [1.807, 2.05) is 0 Å². The van der Waals surface area contributed by atoms with Crippen molar-refractivity contribution >= 4 is 5.91 Å². The summed E-state index contributed by atoms with van der Waals surface area (Å²) in [6.07, 6.45) is 8.78. The van der Waals surface area contributed by atoms with Gasteiger partial charge in [-0.15, -0.1) is 0 Å². The van der Waals surface area contributed by atoms with E-state index in [0.29, 0.717) is 11.9 Å². The molecule has 1 aromatic carbocycles. The molecule has 1 unspecified atom stereocenters. The fourth-order valence-electron chi connectivity index (χ4n) is 5.43. The SMILES string of the molecule is O=C1N(C2CCC(O)CC2)CCCC12CCCN2CCc1ccccc1. The van der Waals surface area contributed by atoms with Crippen LogP contribution >= 0.6 is 0 Å². The van der Waals surface area contributed by atoms with Crippen LogP contribution in [0, 0.1) is 0 Å². The molecule has 4 rings (SSSR count). The highest BCUT2D eigenvalue weighted by Gasteiger charge is 2.51. The second kappa shape index (κ2) is 7.69. The molecule has 1 N–H and O–H groups in total. The Bertz CT molecular complexity index is 612. The first-order chi connectivity index (χ1) is 12.7. The third-order valence-corrected chi connectivity index (χ3v) is 6.89. The second-order valence-electron chi connectivity index (χ2n) is 8.42. The van der Waals surface area contributed by atoms with E-state index in [-0.39, 0.29) is 11.6 Å². The predicted octanol–water partition coefficient (Wildman–Crippen LogP) is 2.99. The molecule has 1 aromatic rings. The van der Waals surface area contributed by atoms with Crippen molar-refractivity contribution in [3.63, 3.8) is 0 Å². The summed E-state index contributed by atoms with van der Waals surface area (Å²) in [5.74, 6) is 0.385. The van der Waals surface area contributed by atoms with Crippen molar-refractivity contribution in [3.05, 3.63) is 35.9 Å². The lowest BCUT2D eigenvalue weighted by Crippen LogP contribution is -2.62. The van der Waals surface area contributed by atoms with Gasteiger partial charge in [-0.3, -0.25) is 9.69 Å². The van der Waals surface area contributed by atoms with Gasteiger partial charge in [0.25, 0.3) is 0 Å². The number of carbonyl (C=O) groups excluding carboxylic acids is 1. The predicted molar refractivity (Wildman–Crippen MR) is 103 cm³/mol. The smallest absolute Gasteiger partial charge is 0.243 e. The van der Waals surface area contributed by atoms with E-state index in [4.69, 9.17) is 0 Å². The van der Waals surface area contributed by atoms with Crippen LogP contribution in [0.15, 0.2) is 30.3 Å². The average Bonchev–Trinajstić information content (AvgIpc) is 3.07. The Morgan fingerprint density at radius 2 is 1.69 bits per heavy atom. The Balaban J connectivity index is 1.45. The van der Waals surface area contributed by atoms with Crippen molar-refractivity contribution in [2.75, 3.05) is 19.6 Å². The highest BCUT2D eigenvalue weighted by atomic mass is 16.3. The number of carbonyl (C=O) groups is 1. The molecule has 2 saturated heterocycles. The first-order valence-corrected chi connectivity index (χ1v) is 10.5. The van der Waals surface area contributed by atoms with Crippen LogP contribution in [0.5, 0.6) is 0 Å². The molecule has 1 spiro atoms. The molecular weight excluding hydrogens is 324 g/mol. The van der Waals surface area contributed by atoms with Gasteiger partial charge in [0, 0.05) is 19.1 Å². The van der Waals surface area contributed by atoms with E-state index >= 15 is 0 Å². The minimum Gasteiger partial charge on any atom is -0.393 e. The van der Waals surface area contributed by atoms with Gasteiger partial charge < -0.3 is 10.0 Å². The fraction of sp³-hybridized carbons (Fsp3) is 0.682. The van der Waals surface area contributed by atoms with Gasteiger partial charge in [-0.1, -0.05) is 30.3 Å². The Morgan fingerprint density at radius 1 is 1.00 bits per heavy atom. The molecule has 0 radical (unpaired) electrons. The molecule has 2 heterocycles. The van der Waals surface area contributed by atoms with E-state index < -0.39 is 0 Å². The number of nitrogens with zero attached hydrogens (tertiary/aromatic N) is 2. The molecule has 1 amide bonds. The molecule has 26 heavy (non-hydrogen) atoms. The number of likely N-dealkylation sites (tertiary alicyclic amines) is 2. The molecule has 3 fully saturated rings. The van der Waals surface area contributed by atoms with Crippen molar-refractivity contribution in [2.45, 2.75) is 75.5 Å². The third-order valence-electron chi connectivity index (χ3n) is 6.89. The zero-order valence-corrected chi connectivity index (χ0v) is 15.8.